The molecule has 0 heterocycles. The second kappa shape index (κ2) is 5.53. The van der Waals surface area contributed by atoms with E-state index in [2.05, 4.69) is 5.43 Å². The molecule has 0 aliphatic rings. The van der Waals surface area contributed by atoms with E-state index < -0.39 is 0 Å². The van der Waals surface area contributed by atoms with Gasteiger partial charge in [-0.3, -0.25) is 10.2 Å². The summed E-state index contributed by atoms with van der Waals surface area (Å²) in [5.74, 6) is 0. The Morgan fingerprint density at radius 1 is 1.78 bits per heavy atom. The fourth-order valence-corrected chi connectivity index (χ4v) is 0.544. The maximum atomic E-state index is 9.86. The van der Waals surface area contributed by atoms with E-state index in [0.29, 0.717) is 19.5 Å². The van der Waals surface area contributed by atoms with Crippen LogP contribution >= 0.6 is 0 Å². The Labute approximate surface area is 55.0 Å². The fourth-order valence-electron chi connectivity index (χ4n) is 0.544. The summed E-state index contributed by atoms with van der Waals surface area (Å²) in [7, 11) is 0. The molecule has 54 valence electrons. The minimum absolute atomic E-state index is 0.564. The minimum atomic E-state index is 0.564. The Bertz CT molecular complexity index is 76.6. The summed E-state index contributed by atoms with van der Waals surface area (Å²) in [5, 5.41) is 1.74. The third kappa shape index (κ3) is 3.93. The minimum Gasteiger partial charge on any atom is -0.329 e. The molecule has 3 N–H and O–H groups in total. The lowest BCUT2D eigenvalue weighted by atomic mass is 10.6. The Balaban J connectivity index is 3.28. The van der Waals surface area contributed by atoms with Crippen molar-refractivity contribution in [2.45, 2.75) is 6.92 Å². The summed E-state index contributed by atoms with van der Waals surface area (Å²) in [6.45, 7) is 4.01. The van der Waals surface area contributed by atoms with Crippen molar-refractivity contribution in [1.82, 2.24) is 10.4 Å². The van der Waals surface area contributed by atoms with Crippen molar-refractivity contribution in [2.24, 2.45) is 5.73 Å². The number of hydrogen-bond acceptors (Lipinski definition) is 3. The van der Waals surface area contributed by atoms with Crippen molar-refractivity contribution in [2.75, 3.05) is 19.6 Å². The standard InChI is InChI=1S/C5H13N3O/c1-2-8(4-3-6)7-5-9/h5H,2-4,6H2,1H3,(H,7,9). The molecule has 0 aromatic heterocycles. The van der Waals surface area contributed by atoms with E-state index in [1.165, 1.54) is 0 Å². The zero-order chi connectivity index (χ0) is 7.11. The van der Waals surface area contributed by atoms with E-state index in [4.69, 9.17) is 5.73 Å². The number of carbonyl (C=O) groups excluding carboxylic acids is 1. The third-order valence-corrected chi connectivity index (χ3v) is 1.02. The van der Waals surface area contributed by atoms with Gasteiger partial charge < -0.3 is 5.73 Å². The van der Waals surface area contributed by atoms with Crippen LogP contribution in [0.15, 0.2) is 0 Å². The van der Waals surface area contributed by atoms with Crippen molar-refractivity contribution in [3.8, 4) is 0 Å². The van der Waals surface area contributed by atoms with Crippen LogP contribution in [0.4, 0.5) is 0 Å². The zero-order valence-electron chi connectivity index (χ0n) is 5.63. The van der Waals surface area contributed by atoms with Gasteiger partial charge >= 0.3 is 0 Å². The van der Waals surface area contributed by atoms with Crippen LogP contribution in [0.1, 0.15) is 6.92 Å². The molecule has 0 saturated heterocycles. The number of nitrogens with two attached hydrogens (primary N) is 1. The molecule has 0 aromatic carbocycles. The smallest absolute Gasteiger partial charge is 0.221 e. The van der Waals surface area contributed by atoms with E-state index in [-0.39, 0.29) is 0 Å². The highest BCUT2D eigenvalue weighted by atomic mass is 16.1. The van der Waals surface area contributed by atoms with Crippen molar-refractivity contribution in [1.29, 1.82) is 0 Å². The van der Waals surface area contributed by atoms with Crippen molar-refractivity contribution in [3.63, 3.8) is 0 Å². The van der Waals surface area contributed by atoms with E-state index in [1.807, 2.05) is 6.92 Å². The van der Waals surface area contributed by atoms with Gasteiger partial charge in [-0.2, -0.15) is 0 Å². The number of hydrazine groups is 1. The Morgan fingerprint density at radius 2 is 2.44 bits per heavy atom. The number of rotatable bonds is 5. The highest BCUT2D eigenvalue weighted by Gasteiger charge is 1.94. The molecule has 4 nitrogen and oxygen atoms in total. The molecule has 0 bridgehead atoms. The molecule has 0 aromatic rings. The normalized spacial score (nSPS) is 9.67. The molecule has 1 amide bonds. The van der Waals surface area contributed by atoms with Gasteiger partial charge in [0.2, 0.25) is 6.41 Å². The maximum Gasteiger partial charge on any atom is 0.221 e. The average Bonchev–Trinajstić information content (AvgIpc) is 1.88. The quantitative estimate of drug-likeness (QED) is 0.369. The Kier molecular flexibility index (Phi) is 5.15. The van der Waals surface area contributed by atoms with Gasteiger partial charge in [-0.1, -0.05) is 6.92 Å². The van der Waals surface area contributed by atoms with Gasteiger partial charge in [-0.05, 0) is 0 Å². The number of nitrogens with zero attached hydrogens (tertiary/aromatic N) is 1. The predicted molar refractivity (Wildman–Crippen MR) is 35.5 cm³/mol. The second-order valence-corrected chi connectivity index (χ2v) is 1.62. The number of amides is 1. The molecule has 0 spiro atoms. The summed E-state index contributed by atoms with van der Waals surface area (Å²) >= 11 is 0. The van der Waals surface area contributed by atoms with Crippen LogP contribution in [0.2, 0.25) is 0 Å². The number of likely N-dealkylation sites (N-methyl/N-ethyl adjacent to an activating group) is 1. The zero-order valence-corrected chi connectivity index (χ0v) is 5.63. The van der Waals surface area contributed by atoms with Gasteiger partial charge in [0, 0.05) is 19.6 Å². The molecular weight excluding hydrogens is 118 g/mol. The highest BCUT2D eigenvalue weighted by molar-refractivity contribution is 5.44. The molecule has 0 fully saturated rings. The largest absolute Gasteiger partial charge is 0.329 e. The van der Waals surface area contributed by atoms with Crippen LogP contribution in [0.3, 0.4) is 0 Å². The first-order valence-corrected chi connectivity index (χ1v) is 3.00. The van der Waals surface area contributed by atoms with Crippen molar-refractivity contribution >= 4 is 6.41 Å². The first-order valence-electron chi connectivity index (χ1n) is 3.00. The maximum absolute atomic E-state index is 9.86. The van der Waals surface area contributed by atoms with Gasteiger partial charge in [-0.15, -0.1) is 0 Å². The fraction of sp³-hybridized carbons (Fsp3) is 0.800. The average molecular weight is 131 g/mol. The Morgan fingerprint density at radius 3 is 2.78 bits per heavy atom. The summed E-state index contributed by atoms with van der Waals surface area (Å²) in [6, 6.07) is 0. The van der Waals surface area contributed by atoms with E-state index >= 15 is 0 Å². The van der Waals surface area contributed by atoms with Crippen LogP contribution < -0.4 is 11.2 Å². The molecule has 4 heteroatoms. The van der Waals surface area contributed by atoms with Gasteiger partial charge in [-0.25, -0.2) is 5.01 Å². The molecule has 0 aliphatic heterocycles. The molecule has 9 heavy (non-hydrogen) atoms. The van der Waals surface area contributed by atoms with E-state index in [0.717, 1.165) is 6.54 Å². The van der Waals surface area contributed by atoms with Gasteiger partial charge in [0.15, 0.2) is 0 Å². The lowest BCUT2D eigenvalue weighted by Crippen LogP contribution is -2.40. The van der Waals surface area contributed by atoms with E-state index in [9.17, 15) is 4.79 Å². The van der Waals surface area contributed by atoms with Crippen LogP contribution in [0, 0.1) is 0 Å². The lowest BCUT2D eigenvalue weighted by Gasteiger charge is -2.16. The summed E-state index contributed by atoms with van der Waals surface area (Å²) in [5.41, 5.74) is 7.74. The van der Waals surface area contributed by atoms with Gasteiger partial charge in [0.1, 0.15) is 0 Å². The lowest BCUT2D eigenvalue weighted by molar-refractivity contribution is -0.113. The highest BCUT2D eigenvalue weighted by Crippen LogP contribution is 1.74. The number of carbonyl (C=O) groups is 1. The number of hydrogen-bond donors (Lipinski definition) is 2. The summed E-state index contributed by atoms with van der Waals surface area (Å²) in [4.78, 5) is 9.86. The molecule has 0 radical (unpaired) electrons. The van der Waals surface area contributed by atoms with Crippen LogP contribution in [-0.2, 0) is 4.79 Å². The first-order chi connectivity index (χ1) is 4.35. The van der Waals surface area contributed by atoms with Crippen molar-refractivity contribution in [3.05, 3.63) is 0 Å². The van der Waals surface area contributed by atoms with E-state index in [1.54, 1.807) is 5.01 Å². The molecular formula is C5H13N3O. The summed E-state index contributed by atoms with van der Waals surface area (Å²) < 4.78 is 0. The molecule has 0 aliphatic carbocycles. The van der Waals surface area contributed by atoms with Crippen LogP contribution in [0.5, 0.6) is 0 Å². The monoisotopic (exact) mass is 131 g/mol. The third-order valence-electron chi connectivity index (χ3n) is 1.02. The number of nitrogens with one attached hydrogen (secondary N) is 1. The molecule has 0 atom stereocenters. The molecule has 0 unspecified atom stereocenters. The van der Waals surface area contributed by atoms with Crippen LogP contribution in [-0.4, -0.2) is 31.1 Å². The van der Waals surface area contributed by atoms with Gasteiger partial charge in [0.25, 0.3) is 0 Å². The first kappa shape index (κ1) is 8.39. The second-order valence-electron chi connectivity index (χ2n) is 1.62. The molecule has 0 saturated carbocycles. The SMILES string of the molecule is CCN(CCN)NC=O. The predicted octanol–water partition coefficient (Wildman–Crippen LogP) is -1.07. The Hall–Kier alpha value is -0.610. The van der Waals surface area contributed by atoms with Gasteiger partial charge in [0.05, 0.1) is 0 Å². The molecule has 0 rings (SSSR count). The topological polar surface area (TPSA) is 58.4 Å². The summed E-state index contributed by atoms with van der Waals surface area (Å²) in [6.07, 6.45) is 0.652. The van der Waals surface area contributed by atoms with Crippen LogP contribution in [0.25, 0.3) is 0 Å². The van der Waals surface area contributed by atoms with Crippen molar-refractivity contribution < 1.29 is 4.79 Å².